The molecule has 0 bridgehead atoms. The lowest BCUT2D eigenvalue weighted by Gasteiger charge is -2.25. The highest BCUT2D eigenvalue weighted by Gasteiger charge is 2.17. The minimum atomic E-state index is 0.0827. The molecule has 106 valence electrons. The number of para-hydroxylation sites is 1. The molecule has 2 aromatic rings. The molecule has 1 fully saturated rings. The van der Waals surface area contributed by atoms with Crippen molar-refractivity contribution >= 4 is 0 Å². The molecule has 0 aliphatic carbocycles. The minimum Gasteiger partial charge on any atom is -0.299 e. The van der Waals surface area contributed by atoms with Crippen molar-refractivity contribution in [2.75, 3.05) is 13.1 Å². The maximum absolute atomic E-state index is 12.6. The summed E-state index contributed by atoms with van der Waals surface area (Å²) in [6.45, 7) is 4.96. The van der Waals surface area contributed by atoms with Crippen molar-refractivity contribution in [3.05, 3.63) is 51.9 Å². The van der Waals surface area contributed by atoms with Crippen molar-refractivity contribution in [1.82, 2.24) is 14.7 Å². The van der Waals surface area contributed by atoms with Gasteiger partial charge in [0.1, 0.15) is 0 Å². The average Bonchev–Trinajstić information content (AvgIpc) is 2.77. The van der Waals surface area contributed by atoms with Gasteiger partial charge in [0, 0.05) is 12.2 Å². The molecular formula is C16H21N3O. The Morgan fingerprint density at radius 3 is 2.50 bits per heavy atom. The topological polar surface area (TPSA) is 41.0 Å². The summed E-state index contributed by atoms with van der Waals surface area (Å²) >= 11 is 0. The second-order valence-electron chi connectivity index (χ2n) is 5.53. The highest BCUT2D eigenvalue weighted by Crippen LogP contribution is 2.13. The van der Waals surface area contributed by atoms with Crippen molar-refractivity contribution in [3.63, 3.8) is 0 Å². The van der Waals surface area contributed by atoms with E-state index in [-0.39, 0.29) is 5.56 Å². The van der Waals surface area contributed by atoms with E-state index in [1.54, 1.807) is 4.68 Å². The van der Waals surface area contributed by atoms with Gasteiger partial charge in [-0.3, -0.25) is 14.8 Å². The fourth-order valence-corrected chi connectivity index (χ4v) is 2.87. The Labute approximate surface area is 119 Å². The van der Waals surface area contributed by atoms with E-state index in [1.165, 1.54) is 19.3 Å². The van der Waals surface area contributed by atoms with Crippen LogP contribution in [-0.4, -0.2) is 27.8 Å². The second-order valence-corrected chi connectivity index (χ2v) is 5.53. The number of hydrogen-bond donors (Lipinski definition) is 1. The summed E-state index contributed by atoms with van der Waals surface area (Å²) in [4.78, 5) is 15.0. The molecule has 0 amide bonds. The smallest absolute Gasteiger partial charge is 0.275 e. The van der Waals surface area contributed by atoms with E-state index in [4.69, 9.17) is 0 Å². The van der Waals surface area contributed by atoms with Gasteiger partial charge in [0.2, 0.25) is 0 Å². The second kappa shape index (κ2) is 5.67. The van der Waals surface area contributed by atoms with Crippen LogP contribution in [0, 0.1) is 6.92 Å². The van der Waals surface area contributed by atoms with Crippen LogP contribution in [0.15, 0.2) is 35.1 Å². The number of aromatic nitrogens is 2. The van der Waals surface area contributed by atoms with Gasteiger partial charge in [-0.2, -0.15) is 0 Å². The first-order valence-electron chi connectivity index (χ1n) is 7.34. The van der Waals surface area contributed by atoms with E-state index in [2.05, 4.69) is 10.00 Å². The minimum absolute atomic E-state index is 0.0827. The molecule has 2 heterocycles. The molecule has 1 aromatic heterocycles. The van der Waals surface area contributed by atoms with Crippen molar-refractivity contribution in [2.45, 2.75) is 32.7 Å². The van der Waals surface area contributed by atoms with Crippen molar-refractivity contribution in [2.24, 2.45) is 0 Å². The molecule has 0 atom stereocenters. The standard InChI is InChI=1S/C16H21N3O/c1-13-15(12-18-10-6-3-7-11-18)16(20)19(17-13)14-8-4-2-5-9-14/h2,4-5,8-9,17H,3,6-7,10-12H2,1H3. The number of hydrogen-bond acceptors (Lipinski definition) is 2. The number of rotatable bonds is 3. The van der Waals surface area contributed by atoms with Crippen LogP contribution >= 0.6 is 0 Å². The molecule has 0 radical (unpaired) electrons. The van der Waals surface area contributed by atoms with Gasteiger partial charge in [-0.1, -0.05) is 24.6 Å². The summed E-state index contributed by atoms with van der Waals surface area (Å²) in [5, 5.41) is 3.20. The molecule has 4 nitrogen and oxygen atoms in total. The van der Waals surface area contributed by atoms with Crippen LogP contribution in [0.2, 0.25) is 0 Å². The lowest BCUT2D eigenvalue weighted by Crippen LogP contribution is -2.31. The van der Waals surface area contributed by atoms with Gasteiger partial charge in [-0.25, -0.2) is 4.68 Å². The monoisotopic (exact) mass is 271 g/mol. The largest absolute Gasteiger partial charge is 0.299 e. The zero-order valence-corrected chi connectivity index (χ0v) is 11.9. The Kier molecular flexibility index (Phi) is 3.74. The Bertz CT molecular complexity index is 621. The highest BCUT2D eigenvalue weighted by molar-refractivity contribution is 5.32. The maximum atomic E-state index is 12.6. The molecule has 0 unspecified atom stereocenters. The number of nitrogens with zero attached hydrogens (tertiary/aromatic N) is 2. The molecule has 1 saturated heterocycles. The molecule has 1 aliphatic rings. The first-order valence-corrected chi connectivity index (χ1v) is 7.34. The zero-order chi connectivity index (χ0) is 13.9. The van der Waals surface area contributed by atoms with Gasteiger partial charge in [-0.15, -0.1) is 0 Å². The summed E-state index contributed by atoms with van der Waals surface area (Å²) in [6, 6.07) is 9.74. The number of H-pyrrole nitrogens is 1. The molecule has 1 aliphatic heterocycles. The number of aryl methyl sites for hydroxylation is 1. The zero-order valence-electron chi connectivity index (χ0n) is 11.9. The van der Waals surface area contributed by atoms with Crippen LogP contribution in [0.1, 0.15) is 30.5 Å². The number of piperidine rings is 1. The number of aromatic amines is 1. The van der Waals surface area contributed by atoms with Crippen molar-refractivity contribution in [1.29, 1.82) is 0 Å². The predicted molar refractivity (Wildman–Crippen MR) is 80.3 cm³/mol. The number of likely N-dealkylation sites (tertiary alicyclic amines) is 1. The molecule has 4 heteroatoms. The van der Waals surface area contributed by atoms with E-state index < -0.39 is 0 Å². The third kappa shape index (κ3) is 2.56. The van der Waals surface area contributed by atoms with Crippen LogP contribution in [-0.2, 0) is 6.54 Å². The van der Waals surface area contributed by atoms with E-state index >= 15 is 0 Å². The third-order valence-corrected chi connectivity index (χ3v) is 4.04. The lowest BCUT2D eigenvalue weighted by molar-refractivity contribution is 0.220. The lowest BCUT2D eigenvalue weighted by atomic mass is 10.1. The SMILES string of the molecule is Cc1[nH]n(-c2ccccc2)c(=O)c1CN1CCCCC1. The van der Waals surface area contributed by atoms with Crippen LogP contribution in [0.3, 0.4) is 0 Å². The van der Waals surface area contributed by atoms with Gasteiger partial charge in [0.25, 0.3) is 5.56 Å². The first-order chi connectivity index (χ1) is 9.75. The summed E-state index contributed by atoms with van der Waals surface area (Å²) in [5.74, 6) is 0. The molecule has 0 spiro atoms. The summed E-state index contributed by atoms with van der Waals surface area (Å²) in [6.07, 6.45) is 3.81. The summed E-state index contributed by atoms with van der Waals surface area (Å²) in [5.41, 5.74) is 2.85. The predicted octanol–water partition coefficient (Wildman–Crippen LogP) is 2.46. The molecule has 3 rings (SSSR count). The molecule has 1 N–H and O–H groups in total. The fourth-order valence-electron chi connectivity index (χ4n) is 2.87. The normalized spacial score (nSPS) is 16.4. The molecule has 20 heavy (non-hydrogen) atoms. The number of nitrogens with one attached hydrogen (secondary N) is 1. The van der Waals surface area contributed by atoms with Crippen LogP contribution in [0.5, 0.6) is 0 Å². The van der Waals surface area contributed by atoms with Gasteiger partial charge < -0.3 is 0 Å². The fraction of sp³-hybridized carbons (Fsp3) is 0.438. The van der Waals surface area contributed by atoms with Gasteiger partial charge in [0.15, 0.2) is 0 Å². The summed E-state index contributed by atoms with van der Waals surface area (Å²) < 4.78 is 1.65. The Hall–Kier alpha value is -1.81. The van der Waals surface area contributed by atoms with Gasteiger partial charge in [0.05, 0.1) is 11.3 Å². The van der Waals surface area contributed by atoms with Gasteiger partial charge >= 0.3 is 0 Å². The van der Waals surface area contributed by atoms with Crippen molar-refractivity contribution in [3.8, 4) is 5.69 Å². The Morgan fingerprint density at radius 1 is 1.10 bits per heavy atom. The van der Waals surface area contributed by atoms with Crippen LogP contribution < -0.4 is 5.56 Å². The molecule has 0 saturated carbocycles. The van der Waals surface area contributed by atoms with E-state index in [0.29, 0.717) is 0 Å². The first kappa shape index (κ1) is 13.2. The number of benzene rings is 1. The molecular weight excluding hydrogens is 250 g/mol. The average molecular weight is 271 g/mol. The Morgan fingerprint density at radius 2 is 1.80 bits per heavy atom. The maximum Gasteiger partial charge on any atom is 0.275 e. The van der Waals surface area contributed by atoms with Gasteiger partial charge in [-0.05, 0) is 45.0 Å². The van der Waals surface area contributed by atoms with Crippen LogP contribution in [0.25, 0.3) is 5.69 Å². The van der Waals surface area contributed by atoms with E-state index in [1.807, 2.05) is 37.3 Å². The highest BCUT2D eigenvalue weighted by atomic mass is 16.1. The molecule has 1 aromatic carbocycles. The third-order valence-electron chi connectivity index (χ3n) is 4.04. The van der Waals surface area contributed by atoms with E-state index in [0.717, 1.165) is 36.6 Å². The van der Waals surface area contributed by atoms with Crippen LogP contribution in [0.4, 0.5) is 0 Å². The van der Waals surface area contributed by atoms with Crippen molar-refractivity contribution < 1.29 is 0 Å². The van der Waals surface area contributed by atoms with E-state index in [9.17, 15) is 4.79 Å². The quantitative estimate of drug-likeness (QED) is 0.931. The Balaban J connectivity index is 1.89. The summed E-state index contributed by atoms with van der Waals surface area (Å²) in [7, 11) is 0.